The van der Waals surface area contributed by atoms with Gasteiger partial charge in [-0.2, -0.15) is 0 Å². The molecule has 17 heavy (non-hydrogen) atoms. The van der Waals surface area contributed by atoms with E-state index in [0.29, 0.717) is 11.7 Å². The highest BCUT2D eigenvalue weighted by Crippen LogP contribution is 2.37. The minimum absolute atomic E-state index is 0.366. The van der Waals surface area contributed by atoms with Gasteiger partial charge in [0.15, 0.2) is 0 Å². The van der Waals surface area contributed by atoms with Crippen molar-refractivity contribution in [1.29, 1.82) is 0 Å². The quantitative estimate of drug-likeness (QED) is 0.779. The number of hydrogen-bond donors (Lipinski definition) is 1. The summed E-state index contributed by atoms with van der Waals surface area (Å²) in [5.74, 6) is 0.817. The van der Waals surface area contributed by atoms with Crippen LogP contribution in [-0.4, -0.2) is 5.11 Å². The molecule has 86 valence electrons. The van der Waals surface area contributed by atoms with E-state index in [0.717, 1.165) is 0 Å². The Bertz CT molecular complexity index is 531. The van der Waals surface area contributed by atoms with Gasteiger partial charge in [0.2, 0.25) is 0 Å². The van der Waals surface area contributed by atoms with E-state index >= 15 is 0 Å². The third-order valence-corrected chi connectivity index (χ3v) is 3.64. The number of phenolic OH excluding ortho intramolecular Hbond substituents is 1. The van der Waals surface area contributed by atoms with E-state index in [1.807, 2.05) is 12.1 Å². The van der Waals surface area contributed by atoms with Crippen molar-refractivity contribution in [3.63, 3.8) is 0 Å². The summed E-state index contributed by atoms with van der Waals surface area (Å²) in [5.41, 5.74) is 4.13. The Morgan fingerprint density at radius 3 is 2.76 bits per heavy atom. The molecule has 0 radical (unpaired) electrons. The molecule has 1 N–H and O–H groups in total. The standard InChI is InChI=1S/C16H16O/c17-14-8-3-7-13(11-14)16-10-4-6-12-5-1-2-9-15(12)16/h1-3,5,7-9,11,16-17H,4,6,10H2. The van der Waals surface area contributed by atoms with Gasteiger partial charge in [-0.3, -0.25) is 0 Å². The number of phenols is 1. The second-order valence-corrected chi connectivity index (χ2v) is 4.74. The van der Waals surface area contributed by atoms with Gasteiger partial charge in [0, 0.05) is 5.92 Å². The molecule has 1 aliphatic carbocycles. The summed E-state index contributed by atoms with van der Waals surface area (Å²) in [7, 11) is 0. The summed E-state index contributed by atoms with van der Waals surface area (Å²) < 4.78 is 0. The van der Waals surface area contributed by atoms with Crippen LogP contribution in [0.15, 0.2) is 48.5 Å². The lowest BCUT2D eigenvalue weighted by Crippen LogP contribution is -2.10. The number of fused-ring (bicyclic) bond motifs is 1. The number of rotatable bonds is 1. The Labute approximate surface area is 102 Å². The fourth-order valence-electron chi connectivity index (χ4n) is 2.84. The Morgan fingerprint density at radius 2 is 1.88 bits per heavy atom. The van der Waals surface area contributed by atoms with Crippen LogP contribution < -0.4 is 0 Å². The predicted molar refractivity (Wildman–Crippen MR) is 69.3 cm³/mol. The topological polar surface area (TPSA) is 20.2 Å². The van der Waals surface area contributed by atoms with Crippen LogP contribution in [0.25, 0.3) is 0 Å². The van der Waals surface area contributed by atoms with Crippen molar-refractivity contribution >= 4 is 0 Å². The van der Waals surface area contributed by atoms with Crippen molar-refractivity contribution in [2.75, 3.05) is 0 Å². The lowest BCUT2D eigenvalue weighted by Gasteiger charge is -2.25. The van der Waals surface area contributed by atoms with Crippen LogP contribution in [0.3, 0.4) is 0 Å². The van der Waals surface area contributed by atoms with Gasteiger partial charge in [-0.1, -0.05) is 36.4 Å². The van der Waals surface area contributed by atoms with E-state index in [4.69, 9.17) is 0 Å². The second-order valence-electron chi connectivity index (χ2n) is 4.74. The highest BCUT2D eigenvalue weighted by Gasteiger charge is 2.21. The largest absolute Gasteiger partial charge is 0.508 e. The Hall–Kier alpha value is -1.76. The van der Waals surface area contributed by atoms with E-state index in [9.17, 15) is 5.11 Å². The van der Waals surface area contributed by atoms with Gasteiger partial charge < -0.3 is 5.11 Å². The smallest absolute Gasteiger partial charge is 0.115 e. The maximum absolute atomic E-state index is 9.59. The number of hydrogen-bond acceptors (Lipinski definition) is 1. The average Bonchev–Trinajstić information content (AvgIpc) is 2.38. The monoisotopic (exact) mass is 224 g/mol. The van der Waals surface area contributed by atoms with Crippen molar-refractivity contribution in [1.82, 2.24) is 0 Å². The number of benzene rings is 2. The molecule has 0 aliphatic heterocycles. The Kier molecular flexibility index (Phi) is 2.60. The maximum Gasteiger partial charge on any atom is 0.115 e. The fraction of sp³-hybridized carbons (Fsp3) is 0.250. The molecule has 0 saturated carbocycles. The van der Waals surface area contributed by atoms with Crippen molar-refractivity contribution in [2.24, 2.45) is 0 Å². The zero-order valence-electron chi connectivity index (χ0n) is 9.76. The number of aromatic hydroxyl groups is 1. The first-order valence-electron chi connectivity index (χ1n) is 6.21. The van der Waals surface area contributed by atoms with Crippen LogP contribution >= 0.6 is 0 Å². The molecule has 1 nitrogen and oxygen atoms in total. The predicted octanol–water partition coefficient (Wildman–Crippen LogP) is 3.86. The van der Waals surface area contributed by atoms with Crippen molar-refractivity contribution in [3.8, 4) is 5.75 Å². The van der Waals surface area contributed by atoms with Crippen LogP contribution in [0.2, 0.25) is 0 Å². The summed E-state index contributed by atoms with van der Waals surface area (Å²) in [6.07, 6.45) is 3.60. The van der Waals surface area contributed by atoms with Crippen molar-refractivity contribution in [2.45, 2.75) is 25.2 Å². The molecular weight excluding hydrogens is 208 g/mol. The minimum Gasteiger partial charge on any atom is -0.508 e. The van der Waals surface area contributed by atoms with E-state index in [-0.39, 0.29) is 0 Å². The van der Waals surface area contributed by atoms with Gasteiger partial charge in [-0.15, -0.1) is 0 Å². The Morgan fingerprint density at radius 1 is 1.00 bits per heavy atom. The molecule has 0 spiro atoms. The summed E-state index contributed by atoms with van der Waals surface area (Å²) in [6.45, 7) is 0. The van der Waals surface area contributed by atoms with E-state index in [1.54, 1.807) is 6.07 Å². The molecular formula is C16H16O. The molecule has 1 atom stereocenters. The fourth-order valence-corrected chi connectivity index (χ4v) is 2.84. The lowest BCUT2D eigenvalue weighted by molar-refractivity contribution is 0.473. The third kappa shape index (κ3) is 1.93. The van der Waals surface area contributed by atoms with Crippen LogP contribution in [0.4, 0.5) is 0 Å². The first-order chi connectivity index (χ1) is 8.34. The molecule has 0 fully saturated rings. The summed E-state index contributed by atoms with van der Waals surface area (Å²) in [6, 6.07) is 16.4. The molecule has 2 aromatic rings. The zero-order valence-corrected chi connectivity index (χ0v) is 9.76. The minimum atomic E-state index is 0.366. The van der Waals surface area contributed by atoms with Gasteiger partial charge in [0.25, 0.3) is 0 Å². The van der Waals surface area contributed by atoms with Gasteiger partial charge in [-0.05, 0) is 48.1 Å². The normalized spacial score (nSPS) is 18.7. The summed E-state index contributed by atoms with van der Waals surface area (Å²) >= 11 is 0. The third-order valence-electron chi connectivity index (χ3n) is 3.64. The van der Waals surface area contributed by atoms with Crippen molar-refractivity contribution < 1.29 is 5.11 Å². The van der Waals surface area contributed by atoms with Crippen LogP contribution in [-0.2, 0) is 6.42 Å². The van der Waals surface area contributed by atoms with E-state index in [1.165, 1.54) is 36.0 Å². The first-order valence-corrected chi connectivity index (χ1v) is 6.21. The molecule has 0 heterocycles. The summed E-state index contributed by atoms with van der Waals surface area (Å²) in [4.78, 5) is 0. The van der Waals surface area contributed by atoms with Gasteiger partial charge >= 0.3 is 0 Å². The highest BCUT2D eigenvalue weighted by molar-refractivity contribution is 5.41. The molecule has 1 unspecified atom stereocenters. The SMILES string of the molecule is Oc1cccc(C2CCCc3ccccc32)c1. The molecule has 2 aromatic carbocycles. The first kappa shape index (κ1) is 10.4. The molecule has 0 amide bonds. The lowest BCUT2D eigenvalue weighted by atomic mass is 9.79. The second kappa shape index (κ2) is 4.25. The molecule has 3 rings (SSSR count). The molecule has 1 aliphatic rings. The van der Waals surface area contributed by atoms with Gasteiger partial charge in [0.05, 0.1) is 0 Å². The van der Waals surface area contributed by atoms with Crippen LogP contribution in [0.1, 0.15) is 35.4 Å². The molecule has 1 heteroatoms. The van der Waals surface area contributed by atoms with E-state index in [2.05, 4.69) is 30.3 Å². The Balaban J connectivity index is 2.06. The van der Waals surface area contributed by atoms with Gasteiger partial charge in [-0.25, -0.2) is 0 Å². The molecule has 0 bridgehead atoms. The average molecular weight is 224 g/mol. The summed E-state index contributed by atoms with van der Waals surface area (Å²) in [5, 5.41) is 9.59. The van der Waals surface area contributed by atoms with E-state index < -0.39 is 0 Å². The van der Waals surface area contributed by atoms with Crippen LogP contribution in [0.5, 0.6) is 5.75 Å². The van der Waals surface area contributed by atoms with Gasteiger partial charge in [0.1, 0.15) is 5.75 Å². The molecule has 0 aromatic heterocycles. The van der Waals surface area contributed by atoms with Crippen LogP contribution in [0, 0.1) is 0 Å². The number of aryl methyl sites for hydroxylation is 1. The highest BCUT2D eigenvalue weighted by atomic mass is 16.3. The van der Waals surface area contributed by atoms with Crippen molar-refractivity contribution in [3.05, 3.63) is 65.2 Å². The maximum atomic E-state index is 9.59. The zero-order chi connectivity index (χ0) is 11.7. The molecule has 0 saturated heterocycles.